The predicted molar refractivity (Wildman–Crippen MR) is 93.8 cm³/mol. The van der Waals surface area contributed by atoms with E-state index in [-0.39, 0.29) is 5.60 Å². The van der Waals surface area contributed by atoms with E-state index >= 15 is 0 Å². The van der Waals surface area contributed by atoms with Crippen LogP contribution in [0.2, 0.25) is 0 Å². The maximum absolute atomic E-state index is 12.5. The second-order valence-corrected chi connectivity index (χ2v) is 7.22. The predicted octanol–water partition coefficient (Wildman–Crippen LogP) is 2.12. The van der Waals surface area contributed by atoms with Crippen LogP contribution in [-0.2, 0) is 16.0 Å². The number of piperidine rings is 1. The number of likely N-dealkylation sites (tertiary alicyclic amines) is 1. The van der Waals surface area contributed by atoms with Crippen LogP contribution in [0.15, 0.2) is 24.5 Å². The maximum Gasteiger partial charge on any atom is 0.222 e. The van der Waals surface area contributed by atoms with Crippen LogP contribution in [0.1, 0.15) is 37.7 Å². The van der Waals surface area contributed by atoms with E-state index in [1.54, 1.807) is 6.20 Å². The minimum atomic E-state index is -0.0872. The first kappa shape index (κ1) is 17.4. The lowest BCUT2D eigenvalue weighted by atomic mass is 9.89. The summed E-state index contributed by atoms with van der Waals surface area (Å²) in [6.45, 7) is 4.34. The fraction of sp³-hybridized carbons (Fsp3) is 0.684. The normalized spacial score (nSPS) is 21.1. The largest absolute Gasteiger partial charge is 0.371 e. The number of amides is 1. The molecule has 0 saturated carbocycles. The number of unbranched alkanes of at least 4 members (excludes halogenated alkanes) is 1. The summed E-state index contributed by atoms with van der Waals surface area (Å²) in [6, 6.07) is 4.07. The standard InChI is InChI=1S/C19H29N3O2/c1-21-11-8-19(9-12-21)16-22(13-14-24-19)18(23)7-3-2-5-17-6-4-10-20-15-17/h4,6,10,15H,2-3,5,7-9,11-14,16H2,1H3. The first-order chi connectivity index (χ1) is 11.7. The van der Waals surface area contributed by atoms with Gasteiger partial charge in [0.2, 0.25) is 5.91 Å². The summed E-state index contributed by atoms with van der Waals surface area (Å²) in [6.07, 6.45) is 9.41. The highest BCUT2D eigenvalue weighted by molar-refractivity contribution is 5.76. The van der Waals surface area contributed by atoms with Gasteiger partial charge in [-0.05, 0) is 50.8 Å². The lowest BCUT2D eigenvalue weighted by Crippen LogP contribution is -2.57. The van der Waals surface area contributed by atoms with Crippen LogP contribution in [0.5, 0.6) is 0 Å². The molecule has 0 aromatic carbocycles. The van der Waals surface area contributed by atoms with Crippen molar-refractivity contribution >= 4 is 5.91 Å². The van der Waals surface area contributed by atoms with Crippen LogP contribution in [0.3, 0.4) is 0 Å². The number of carbonyl (C=O) groups excluding carboxylic acids is 1. The van der Waals surface area contributed by atoms with Crippen molar-refractivity contribution in [2.45, 2.75) is 44.1 Å². The molecule has 0 unspecified atom stereocenters. The molecule has 2 aliphatic heterocycles. The topological polar surface area (TPSA) is 45.7 Å². The number of morpholine rings is 1. The number of hydrogen-bond acceptors (Lipinski definition) is 4. The van der Waals surface area contributed by atoms with Crippen molar-refractivity contribution in [1.29, 1.82) is 0 Å². The third kappa shape index (κ3) is 4.54. The quantitative estimate of drug-likeness (QED) is 0.776. The number of rotatable bonds is 5. The molecule has 0 aliphatic carbocycles. The van der Waals surface area contributed by atoms with Gasteiger partial charge in [-0.25, -0.2) is 0 Å². The molecule has 1 amide bonds. The van der Waals surface area contributed by atoms with Crippen molar-refractivity contribution in [3.63, 3.8) is 0 Å². The highest BCUT2D eigenvalue weighted by Crippen LogP contribution is 2.30. The number of ether oxygens (including phenoxy) is 1. The van der Waals surface area contributed by atoms with Gasteiger partial charge in [-0.1, -0.05) is 6.07 Å². The van der Waals surface area contributed by atoms with Crippen molar-refractivity contribution in [2.24, 2.45) is 0 Å². The first-order valence-corrected chi connectivity index (χ1v) is 9.16. The van der Waals surface area contributed by atoms with E-state index in [1.807, 2.05) is 17.2 Å². The summed E-state index contributed by atoms with van der Waals surface area (Å²) < 4.78 is 6.09. The number of hydrogen-bond donors (Lipinski definition) is 0. The average molecular weight is 331 g/mol. The molecule has 0 atom stereocenters. The van der Waals surface area contributed by atoms with Gasteiger partial charge in [-0.3, -0.25) is 9.78 Å². The summed E-state index contributed by atoms with van der Waals surface area (Å²) in [5.41, 5.74) is 1.16. The molecule has 1 aromatic rings. The lowest BCUT2D eigenvalue weighted by Gasteiger charge is -2.46. The molecule has 0 radical (unpaired) electrons. The SMILES string of the molecule is CN1CCC2(CC1)CN(C(=O)CCCCc1cccnc1)CCO2. The molecule has 2 aliphatic rings. The number of pyridine rings is 1. The van der Waals surface area contributed by atoms with Crippen molar-refractivity contribution < 1.29 is 9.53 Å². The highest BCUT2D eigenvalue weighted by atomic mass is 16.5. The van der Waals surface area contributed by atoms with Crippen LogP contribution in [0, 0.1) is 0 Å². The second-order valence-electron chi connectivity index (χ2n) is 7.22. The van der Waals surface area contributed by atoms with Crippen LogP contribution < -0.4 is 0 Å². The van der Waals surface area contributed by atoms with E-state index in [4.69, 9.17) is 4.74 Å². The molecule has 5 nitrogen and oxygen atoms in total. The minimum absolute atomic E-state index is 0.0872. The van der Waals surface area contributed by atoms with Gasteiger partial charge in [0.25, 0.3) is 0 Å². The monoisotopic (exact) mass is 331 g/mol. The van der Waals surface area contributed by atoms with Gasteiger partial charge in [-0.15, -0.1) is 0 Å². The molecule has 3 heterocycles. The van der Waals surface area contributed by atoms with Crippen LogP contribution in [-0.4, -0.2) is 66.1 Å². The Morgan fingerprint density at radius 2 is 2.12 bits per heavy atom. The fourth-order valence-corrected chi connectivity index (χ4v) is 3.70. The molecular formula is C19H29N3O2. The molecule has 0 N–H and O–H groups in total. The molecule has 24 heavy (non-hydrogen) atoms. The van der Waals surface area contributed by atoms with E-state index in [0.29, 0.717) is 18.9 Å². The van der Waals surface area contributed by atoms with Gasteiger partial charge in [0.05, 0.1) is 12.2 Å². The number of nitrogens with zero attached hydrogens (tertiary/aromatic N) is 3. The summed E-state index contributed by atoms with van der Waals surface area (Å²) in [4.78, 5) is 21.1. The van der Waals surface area contributed by atoms with Gasteiger partial charge in [0, 0.05) is 45.0 Å². The van der Waals surface area contributed by atoms with Crippen molar-refractivity contribution in [3.8, 4) is 0 Å². The Hall–Kier alpha value is -1.46. The van der Waals surface area contributed by atoms with Gasteiger partial charge in [0.15, 0.2) is 0 Å². The van der Waals surface area contributed by atoms with Crippen LogP contribution in [0.4, 0.5) is 0 Å². The van der Waals surface area contributed by atoms with E-state index in [0.717, 1.165) is 58.3 Å². The Morgan fingerprint density at radius 1 is 1.29 bits per heavy atom. The Morgan fingerprint density at radius 3 is 2.88 bits per heavy atom. The van der Waals surface area contributed by atoms with Crippen molar-refractivity contribution in [3.05, 3.63) is 30.1 Å². The summed E-state index contributed by atoms with van der Waals surface area (Å²) in [5.74, 6) is 0.294. The molecule has 132 valence electrons. The van der Waals surface area contributed by atoms with E-state index < -0.39 is 0 Å². The van der Waals surface area contributed by atoms with Gasteiger partial charge >= 0.3 is 0 Å². The summed E-state index contributed by atoms with van der Waals surface area (Å²) in [5, 5.41) is 0. The highest BCUT2D eigenvalue weighted by Gasteiger charge is 2.40. The zero-order chi connectivity index (χ0) is 16.8. The number of carbonyl (C=O) groups is 1. The molecule has 0 bridgehead atoms. The van der Waals surface area contributed by atoms with Gasteiger partial charge in [0.1, 0.15) is 0 Å². The molecule has 1 aromatic heterocycles. The Balaban J connectivity index is 1.41. The summed E-state index contributed by atoms with van der Waals surface area (Å²) in [7, 11) is 2.15. The number of aryl methyl sites for hydroxylation is 1. The lowest BCUT2D eigenvalue weighted by molar-refractivity contribution is -0.158. The Bertz CT molecular complexity index is 527. The minimum Gasteiger partial charge on any atom is -0.371 e. The summed E-state index contributed by atoms with van der Waals surface area (Å²) >= 11 is 0. The Labute approximate surface area is 145 Å². The maximum atomic E-state index is 12.5. The fourth-order valence-electron chi connectivity index (χ4n) is 3.70. The third-order valence-corrected chi connectivity index (χ3v) is 5.33. The molecule has 5 heteroatoms. The average Bonchev–Trinajstić information content (AvgIpc) is 2.62. The third-order valence-electron chi connectivity index (χ3n) is 5.33. The Kier molecular flexibility index (Phi) is 5.85. The number of aromatic nitrogens is 1. The molecule has 2 fully saturated rings. The second kappa shape index (κ2) is 8.08. The van der Waals surface area contributed by atoms with Gasteiger partial charge < -0.3 is 14.5 Å². The van der Waals surface area contributed by atoms with Crippen LogP contribution in [0.25, 0.3) is 0 Å². The molecule has 1 spiro atoms. The molecular weight excluding hydrogens is 302 g/mol. The zero-order valence-corrected chi connectivity index (χ0v) is 14.7. The smallest absolute Gasteiger partial charge is 0.222 e. The van der Waals surface area contributed by atoms with E-state index in [9.17, 15) is 4.79 Å². The zero-order valence-electron chi connectivity index (χ0n) is 14.7. The van der Waals surface area contributed by atoms with Gasteiger partial charge in [-0.2, -0.15) is 0 Å². The van der Waals surface area contributed by atoms with E-state index in [1.165, 1.54) is 5.56 Å². The van der Waals surface area contributed by atoms with Crippen molar-refractivity contribution in [1.82, 2.24) is 14.8 Å². The van der Waals surface area contributed by atoms with Crippen LogP contribution >= 0.6 is 0 Å². The van der Waals surface area contributed by atoms with Crippen molar-refractivity contribution in [2.75, 3.05) is 39.8 Å². The first-order valence-electron chi connectivity index (χ1n) is 9.16. The van der Waals surface area contributed by atoms with E-state index in [2.05, 4.69) is 23.0 Å². The molecule has 3 rings (SSSR count). The molecule has 2 saturated heterocycles.